The number of halogens is 3. The summed E-state index contributed by atoms with van der Waals surface area (Å²) in [7, 11) is 1.64. The molecule has 0 unspecified atom stereocenters. The molecule has 0 aliphatic carbocycles. The van der Waals surface area contributed by atoms with Crippen molar-refractivity contribution in [2.45, 2.75) is 30.5 Å². The van der Waals surface area contributed by atoms with Crippen molar-refractivity contribution in [2.75, 3.05) is 20.1 Å². The van der Waals surface area contributed by atoms with Gasteiger partial charge in [0.2, 0.25) is 0 Å². The molecule has 1 aromatic rings. The van der Waals surface area contributed by atoms with E-state index in [1.165, 1.54) is 17.1 Å². The number of nitrogens with zero attached hydrogens (tertiary/aromatic N) is 3. The second-order valence-electron chi connectivity index (χ2n) is 6.82. The van der Waals surface area contributed by atoms with E-state index in [1.54, 1.807) is 19.3 Å². The number of piperidine rings is 1. The van der Waals surface area contributed by atoms with Gasteiger partial charge < -0.3 is 10.7 Å². The van der Waals surface area contributed by atoms with E-state index < -0.39 is 17.2 Å². The number of rotatable bonds is 5. The monoisotopic (exact) mass is 379 g/mol. The fourth-order valence-electron chi connectivity index (χ4n) is 3.49. The summed E-state index contributed by atoms with van der Waals surface area (Å²) in [4.78, 5) is 2.09. The molecule has 27 heavy (non-hydrogen) atoms. The SMILES string of the molecule is C=CCN1CC[C@@](C#N)(c2ccc(C(F)(F)F)cc2)C[C@H]1/C(N)=C/N(C)N. The Kier molecular flexibility index (Phi) is 6.19. The first-order valence-corrected chi connectivity index (χ1v) is 8.51. The Morgan fingerprint density at radius 3 is 2.56 bits per heavy atom. The number of nitriles is 1. The normalized spacial score (nSPS) is 24.3. The number of hydrogen-bond acceptors (Lipinski definition) is 5. The molecule has 1 saturated heterocycles. The average Bonchev–Trinajstić information content (AvgIpc) is 2.61. The van der Waals surface area contributed by atoms with E-state index in [-0.39, 0.29) is 6.04 Å². The highest BCUT2D eigenvalue weighted by Gasteiger charge is 2.42. The third kappa shape index (κ3) is 4.62. The van der Waals surface area contributed by atoms with Gasteiger partial charge in [-0.1, -0.05) is 18.2 Å². The summed E-state index contributed by atoms with van der Waals surface area (Å²) in [6.07, 6.45) is -0.220. The van der Waals surface area contributed by atoms with Crippen LogP contribution in [0.15, 0.2) is 48.8 Å². The molecule has 0 radical (unpaired) electrons. The van der Waals surface area contributed by atoms with Crippen LogP contribution in [0.2, 0.25) is 0 Å². The van der Waals surface area contributed by atoms with Gasteiger partial charge in [-0.15, -0.1) is 6.58 Å². The Morgan fingerprint density at radius 1 is 1.44 bits per heavy atom. The van der Waals surface area contributed by atoms with Crippen LogP contribution < -0.4 is 11.6 Å². The second kappa shape index (κ2) is 8.03. The molecule has 0 bridgehead atoms. The van der Waals surface area contributed by atoms with Crippen LogP contribution in [-0.4, -0.2) is 36.1 Å². The van der Waals surface area contributed by atoms with Gasteiger partial charge in [-0.05, 0) is 30.5 Å². The van der Waals surface area contributed by atoms with E-state index in [0.29, 0.717) is 37.2 Å². The summed E-state index contributed by atoms with van der Waals surface area (Å²) in [5.74, 6) is 5.65. The van der Waals surface area contributed by atoms with E-state index in [4.69, 9.17) is 11.6 Å². The zero-order valence-electron chi connectivity index (χ0n) is 15.2. The first kappa shape index (κ1) is 20.8. The number of hydrazine groups is 1. The topological polar surface area (TPSA) is 82.3 Å². The zero-order valence-corrected chi connectivity index (χ0v) is 15.2. The fraction of sp³-hybridized carbons (Fsp3) is 0.421. The van der Waals surface area contributed by atoms with Crippen LogP contribution in [0.5, 0.6) is 0 Å². The van der Waals surface area contributed by atoms with Crippen LogP contribution in [0.4, 0.5) is 13.2 Å². The molecule has 1 aromatic carbocycles. The minimum atomic E-state index is -4.41. The van der Waals surface area contributed by atoms with E-state index in [2.05, 4.69) is 17.5 Å². The molecule has 0 spiro atoms. The number of hydrogen-bond donors (Lipinski definition) is 2. The van der Waals surface area contributed by atoms with E-state index in [9.17, 15) is 18.4 Å². The van der Waals surface area contributed by atoms with Crippen molar-refractivity contribution in [2.24, 2.45) is 11.6 Å². The first-order valence-electron chi connectivity index (χ1n) is 8.51. The van der Waals surface area contributed by atoms with Gasteiger partial charge in [-0.2, -0.15) is 18.4 Å². The lowest BCUT2D eigenvalue weighted by Gasteiger charge is -2.43. The largest absolute Gasteiger partial charge is 0.416 e. The molecule has 8 heteroatoms. The van der Waals surface area contributed by atoms with Crippen LogP contribution >= 0.6 is 0 Å². The van der Waals surface area contributed by atoms with E-state index in [0.717, 1.165) is 12.1 Å². The lowest BCUT2D eigenvalue weighted by molar-refractivity contribution is -0.137. The Morgan fingerprint density at radius 2 is 2.07 bits per heavy atom. The molecule has 1 aliphatic rings. The van der Waals surface area contributed by atoms with Crippen LogP contribution in [0.3, 0.4) is 0 Å². The number of likely N-dealkylation sites (tertiary alicyclic amines) is 1. The second-order valence-corrected chi connectivity index (χ2v) is 6.82. The maximum absolute atomic E-state index is 12.8. The van der Waals surface area contributed by atoms with Crippen LogP contribution in [0.25, 0.3) is 0 Å². The Balaban J connectivity index is 2.39. The molecule has 2 atom stereocenters. The molecule has 146 valence electrons. The molecule has 0 amide bonds. The van der Waals surface area contributed by atoms with Crippen molar-refractivity contribution in [1.29, 1.82) is 5.26 Å². The van der Waals surface area contributed by atoms with Gasteiger partial charge in [0.15, 0.2) is 0 Å². The number of nitrogens with two attached hydrogens (primary N) is 2. The van der Waals surface area contributed by atoms with Crippen molar-refractivity contribution in [1.82, 2.24) is 9.91 Å². The van der Waals surface area contributed by atoms with Crippen molar-refractivity contribution >= 4 is 0 Å². The maximum Gasteiger partial charge on any atom is 0.416 e. The highest BCUT2D eigenvalue weighted by molar-refractivity contribution is 5.37. The Labute approximate surface area is 157 Å². The van der Waals surface area contributed by atoms with Gasteiger partial charge in [-0.25, -0.2) is 5.84 Å². The van der Waals surface area contributed by atoms with Crippen molar-refractivity contribution in [3.63, 3.8) is 0 Å². The van der Waals surface area contributed by atoms with E-state index in [1.807, 2.05) is 0 Å². The highest BCUT2D eigenvalue weighted by atomic mass is 19.4. The third-order valence-corrected chi connectivity index (χ3v) is 4.89. The molecule has 1 heterocycles. The summed E-state index contributed by atoms with van der Waals surface area (Å²) >= 11 is 0. The molecule has 4 N–H and O–H groups in total. The summed E-state index contributed by atoms with van der Waals surface area (Å²) in [5.41, 5.74) is 5.62. The van der Waals surface area contributed by atoms with Crippen LogP contribution in [-0.2, 0) is 11.6 Å². The molecule has 5 nitrogen and oxygen atoms in total. The quantitative estimate of drug-likeness (QED) is 0.467. The molecule has 0 saturated carbocycles. The zero-order chi connectivity index (χ0) is 20.2. The molecular formula is C19H24F3N5. The van der Waals surface area contributed by atoms with Crippen molar-refractivity contribution in [3.8, 4) is 6.07 Å². The van der Waals surface area contributed by atoms with Gasteiger partial charge in [0.05, 0.1) is 23.1 Å². The molecule has 1 fully saturated rings. The van der Waals surface area contributed by atoms with Crippen molar-refractivity contribution < 1.29 is 13.2 Å². The molecule has 2 rings (SSSR count). The maximum atomic E-state index is 12.8. The molecule has 0 aromatic heterocycles. The average molecular weight is 379 g/mol. The minimum absolute atomic E-state index is 0.273. The van der Waals surface area contributed by atoms with Gasteiger partial charge in [0.25, 0.3) is 0 Å². The predicted molar refractivity (Wildman–Crippen MR) is 97.7 cm³/mol. The summed E-state index contributed by atoms with van der Waals surface area (Å²) in [5, 5.41) is 11.3. The predicted octanol–water partition coefficient (Wildman–Crippen LogP) is 2.72. The summed E-state index contributed by atoms with van der Waals surface area (Å²) in [6, 6.07) is 6.88. The molecular weight excluding hydrogens is 355 g/mol. The van der Waals surface area contributed by atoms with E-state index >= 15 is 0 Å². The summed E-state index contributed by atoms with van der Waals surface area (Å²) in [6.45, 7) is 4.90. The molecule has 1 aliphatic heterocycles. The van der Waals surface area contributed by atoms with Crippen molar-refractivity contribution in [3.05, 3.63) is 59.9 Å². The van der Waals surface area contributed by atoms with Gasteiger partial charge in [0.1, 0.15) is 0 Å². The van der Waals surface area contributed by atoms with Gasteiger partial charge in [0, 0.05) is 32.0 Å². The van der Waals surface area contributed by atoms with Crippen LogP contribution in [0.1, 0.15) is 24.0 Å². The first-order chi connectivity index (χ1) is 12.6. The minimum Gasteiger partial charge on any atom is -0.400 e. The Hall–Kier alpha value is -2.50. The third-order valence-electron chi connectivity index (χ3n) is 4.89. The smallest absolute Gasteiger partial charge is 0.400 e. The standard InChI is InChI=1S/C19H24F3N5/c1-3-9-27-10-8-18(13-23,11-17(27)16(24)12-26(2)25)14-4-6-15(7-5-14)19(20,21)22/h3-7,12,17H,1,8-11,24-25H2,2H3/b16-12-/t17-,18+/m0/s1. The Bertz CT molecular complexity index is 733. The van der Waals surface area contributed by atoms with Crippen LogP contribution in [0, 0.1) is 11.3 Å². The number of benzene rings is 1. The lowest BCUT2D eigenvalue weighted by Crippen LogP contribution is -2.51. The highest BCUT2D eigenvalue weighted by Crippen LogP contribution is 2.40. The van der Waals surface area contributed by atoms with Gasteiger partial charge >= 0.3 is 6.18 Å². The summed E-state index contributed by atoms with van der Waals surface area (Å²) < 4.78 is 38.5. The number of alkyl halides is 3. The van der Waals surface area contributed by atoms with Gasteiger partial charge in [-0.3, -0.25) is 4.90 Å². The lowest BCUT2D eigenvalue weighted by atomic mass is 9.70. The fourth-order valence-corrected chi connectivity index (χ4v) is 3.49.